The minimum atomic E-state index is -0.589. The van der Waals surface area contributed by atoms with Crippen molar-refractivity contribution in [2.75, 3.05) is 12.3 Å². The van der Waals surface area contributed by atoms with Gasteiger partial charge in [-0.15, -0.1) is 11.8 Å². The SMILES string of the molecule is CCCC(C)(O)CNC1CCSc2ccccc21. The van der Waals surface area contributed by atoms with Crippen LogP contribution in [0.3, 0.4) is 0 Å². The first kappa shape index (κ1) is 13.9. The van der Waals surface area contributed by atoms with Crippen LogP contribution < -0.4 is 5.32 Å². The van der Waals surface area contributed by atoms with Crippen molar-refractivity contribution in [2.45, 2.75) is 49.6 Å². The molecule has 0 saturated heterocycles. The van der Waals surface area contributed by atoms with Crippen LogP contribution >= 0.6 is 11.8 Å². The molecule has 2 atom stereocenters. The maximum Gasteiger partial charge on any atom is 0.0743 e. The van der Waals surface area contributed by atoms with Crippen LogP contribution in [0.25, 0.3) is 0 Å². The van der Waals surface area contributed by atoms with Crippen molar-refractivity contribution in [1.82, 2.24) is 5.32 Å². The lowest BCUT2D eigenvalue weighted by Crippen LogP contribution is -2.40. The molecule has 3 heteroatoms. The van der Waals surface area contributed by atoms with Gasteiger partial charge >= 0.3 is 0 Å². The Balaban J connectivity index is 1.99. The molecule has 0 amide bonds. The average Bonchev–Trinajstić information content (AvgIpc) is 2.36. The normalized spacial score (nSPS) is 22.3. The van der Waals surface area contributed by atoms with Crippen LogP contribution in [0.1, 0.15) is 44.7 Å². The molecule has 18 heavy (non-hydrogen) atoms. The van der Waals surface area contributed by atoms with E-state index in [0.717, 1.165) is 25.0 Å². The number of fused-ring (bicyclic) bond motifs is 1. The zero-order valence-corrected chi connectivity index (χ0v) is 12.1. The van der Waals surface area contributed by atoms with Crippen LogP contribution in [0.5, 0.6) is 0 Å². The van der Waals surface area contributed by atoms with E-state index in [-0.39, 0.29) is 0 Å². The fraction of sp³-hybridized carbons (Fsp3) is 0.600. The molecule has 0 spiro atoms. The quantitative estimate of drug-likeness (QED) is 0.856. The van der Waals surface area contributed by atoms with Crippen molar-refractivity contribution < 1.29 is 5.11 Å². The summed E-state index contributed by atoms with van der Waals surface area (Å²) < 4.78 is 0. The maximum atomic E-state index is 10.2. The molecule has 0 aliphatic carbocycles. The summed E-state index contributed by atoms with van der Waals surface area (Å²) in [4.78, 5) is 1.39. The Bertz CT molecular complexity index is 392. The van der Waals surface area contributed by atoms with E-state index in [2.05, 4.69) is 36.5 Å². The van der Waals surface area contributed by atoms with Gasteiger partial charge in [0.05, 0.1) is 5.60 Å². The van der Waals surface area contributed by atoms with Crippen LogP contribution in [0, 0.1) is 0 Å². The second-order valence-electron chi connectivity index (χ2n) is 5.36. The van der Waals surface area contributed by atoms with Crippen molar-refractivity contribution in [1.29, 1.82) is 0 Å². The van der Waals surface area contributed by atoms with E-state index in [9.17, 15) is 5.11 Å². The number of hydrogen-bond donors (Lipinski definition) is 2. The molecule has 0 aromatic heterocycles. The molecular weight excluding hydrogens is 242 g/mol. The van der Waals surface area contributed by atoms with Gasteiger partial charge in [0, 0.05) is 17.5 Å². The molecule has 1 aromatic rings. The summed E-state index contributed by atoms with van der Waals surface area (Å²) in [5.74, 6) is 1.16. The summed E-state index contributed by atoms with van der Waals surface area (Å²) in [6.45, 7) is 4.71. The minimum Gasteiger partial charge on any atom is -0.389 e. The van der Waals surface area contributed by atoms with Gasteiger partial charge in [0.25, 0.3) is 0 Å². The van der Waals surface area contributed by atoms with Gasteiger partial charge in [-0.25, -0.2) is 0 Å². The predicted octanol–water partition coefficient (Wildman–Crippen LogP) is 3.36. The molecule has 1 aliphatic rings. The Morgan fingerprint density at radius 3 is 3.00 bits per heavy atom. The highest BCUT2D eigenvalue weighted by Gasteiger charge is 2.24. The van der Waals surface area contributed by atoms with Gasteiger partial charge in [0.1, 0.15) is 0 Å². The number of hydrogen-bond acceptors (Lipinski definition) is 3. The fourth-order valence-electron chi connectivity index (χ4n) is 2.52. The second-order valence-corrected chi connectivity index (χ2v) is 6.49. The van der Waals surface area contributed by atoms with Crippen LogP contribution in [-0.2, 0) is 0 Å². The van der Waals surface area contributed by atoms with Crippen LogP contribution in [0.4, 0.5) is 0 Å². The third kappa shape index (κ3) is 3.50. The van der Waals surface area contributed by atoms with Crippen molar-refractivity contribution in [3.63, 3.8) is 0 Å². The Labute approximate surface area is 114 Å². The maximum absolute atomic E-state index is 10.2. The summed E-state index contributed by atoms with van der Waals surface area (Å²) in [6.07, 6.45) is 3.01. The molecule has 100 valence electrons. The lowest BCUT2D eigenvalue weighted by atomic mass is 9.98. The molecule has 0 fully saturated rings. The van der Waals surface area contributed by atoms with Crippen LogP contribution in [0.15, 0.2) is 29.2 Å². The Hall–Kier alpha value is -0.510. The Kier molecular flexibility index (Phi) is 4.71. The van der Waals surface area contributed by atoms with Gasteiger partial charge in [-0.05, 0) is 37.1 Å². The summed E-state index contributed by atoms with van der Waals surface area (Å²) >= 11 is 1.93. The first-order valence-electron chi connectivity index (χ1n) is 6.80. The summed E-state index contributed by atoms with van der Waals surface area (Å²) in [5.41, 5.74) is 0.801. The fourth-order valence-corrected chi connectivity index (χ4v) is 3.65. The average molecular weight is 265 g/mol. The van der Waals surface area contributed by atoms with Gasteiger partial charge in [0.2, 0.25) is 0 Å². The third-order valence-corrected chi connectivity index (χ3v) is 4.60. The van der Waals surface area contributed by atoms with E-state index in [1.807, 2.05) is 18.7 Å². The Morgan fingerprint density at radius 2 is 2.22 bits per heavy atom. The summed E-state index contributed by atoms with van der Waals surface area (Å²) in [7, 11) is 0. The molecule has 1 aromatic carbocycles. The standard InChI is InChI=1S/C15H23NOS/c1-3-9-15(2,17)11-16-13-8-10-18-14-7-5-4-6-12(13)14/h4-7,13,16-17H,3,8-11H2,1-2H3. The van der Waals surface area contributed by atoms with E-state index in [4.69, 9.17) is 0 Å². The predicted molar refractivity (Wildman–Crippen MR) is 78.1 cm³/mol. The van der Waals surface area contributed by atoms with Gasteiger partial charge in [0.15, 0.2) is 0 Å². The minimum absolute atomic E-state index is 0.394. The molecule has 0 radical (unpaired) electrons. The van der Waals surface area contributed by atoms with E-state index in [0.29, 0.717) is 12.6 Å². The van der Waals surface area contributed by atoms with E-state index in [1.54, 1.807) is 0 Å². The lowest BCUT2D eigenvalue weighted by molar-refractivity contribution is 0.0468. The Morgan fingerprint density at radius 1 is 1.44 bits per heavy atom. The smallest absolute Gasteiger partial charge is 0.0743 e. The molecule has 1 heterocycles. The highest BCUT2D eigenvalue weighted by molar-refractivity contribution is 7.99. The summed E-state index contributed by atoms with van der Waals surface area (Å²) in [6, 6.07) is 8.99. The van der Waals surface area contributed by atoms with E-state index >= 15 is 0 Å². The van der Waals surface area contributed by atoms with Gasteiger partial charge < -0.3 is 10.4 Å². The number of aliphatic hydroxyl groups is 1. The third-order valence-electron chi connectivity index (χ3n) is 3.48. The van der Waals surface area contributed by atoms with Crippen molar-refractivity contribution >= 4 is 11.8 Å². The first-order valence-corrected chi connectivity index (χ1v) is 7.78. The van der Waals surface area contributed by atoms with Crippen molar-refractivity contribution in [3.05, 3.63) is 29.8 Å². The first-order chi connectivity index (χ1) is 8.62. The number of benzene rings is 1. The van der Waals surface area contributed by atoms with E-state index in [1.165, 1.54) is 10.5 Å². The highest BCUT2D eigenvalue weighted by atomic mass is 32.2. The molecular formula is C15H23NOS. The number of nitrogens with one attached hydrogen (secondary N) is 1. The number of rotatable bonds is 5. The zero-order valence-electron chi connectivity index (χ0n) is 11.3. The van der Waals surface area contributed by atoms with Crippen molar-refractivity contribution in [3.8, 4) is 0 Å². The molecule has 0 bridgehead atoms. The van der Waals surface area contributed by atoms with Crippen LogP contribution in [0.2, 0.25) is 0 Å². The molecule has 2 N–H and O–H groups in total. The molecule has 1 aliphatic heterocycles. The number of thioether (sulfide) groups is 1. The van der Waals surface area contributed by atoms with Gasteiger partial charge in [-0.2, -0.15) is 0 Å². The van der Waals surface area contributed by atoms with Crippen LogP contribution in [-0.4, -0.2) is 23.0 Å². The summed E-state index contributed by atoms with van der Waals surface area (Å²) in [5, 5.41) is 13.8. The zero-order chi connectivity index (χ0) is 13.0. The molecule has 2 rings (SSSR count). The van der Waals surface area contributed by atoms with Crippen molar-refractivity contribution in [2.24, 2.45) is 0 Å². The van der Waals surface area contributed by atoms with Gasteiger partial charge in [-0.1, -0.05) is 31.5 Å². The second kappa shape index (κ2) is 6.09. The van der Waals surface area contributed by atoms with Gasteiger partial charge in [-0.3, -0.25) is 0 Å². The largest absolute Gasteiger partial charge is 0.389 e. The topological polar surface area (TPSA) is 32.3 Å². The molecule has 2 unspecified atom stereocenters. The monoisotopic (exact) mass is 265 g/mol. The highest BCUT2D eigenvalue weighted by Crippen LogP contribution is 2.35. The van der Waals surface area contributed by atoms with E-state index < -0.39 is 5.60 Å². The lowest BCUT2D eigenvalue weighted by Gasteiger charge is -2.30. The molecule has 0 saturated carbocycles. The molecule has 2 nitrogen and oxygen atoms in total.